The Morgan fingerprint density at radius 3 is 2.65 bits per heavy atom. The molecule has 1 aliphatic heterocycles. The van der Waals surface area contributed by atoms with E-state index in [4.69, 9.17) is 4.74 Å². The lowest BCUT2D eigenvalue weighted by molar-refractivity contribution is -0.163. The van der Waals surface area contributed by atoms with Crippen molar-refractivity contribution in [2.24, 2.45) is 0 Å². The topological polar surface area (TPSA) is 66.8 Å². The van der Waals surface area contributed by atoms with E-state index in [0.717, 1.165) is 12.8 Å². The Labute approximate surface area is 117 Å². The molecule has 3 rings (SSSR count). The second kappa shape index (κ2) is 4.51. The van der Waals surface area contributed by atoms with E-state index in [0.29, 0.717) is 17.9 Å². The number of hydrogen-bond acceptors (Lipinski definition) is 3. The molecule has 1 aliphatic carbocycles. The quantitative estimate of drug-likeness (QED) is 0.912. The lowest BCUT2D eigenvalue weighted by Gasteiger charge is -2.43. The van der Waals surface area contributed by atoms with Gasteiger partial charge in [-0.25, -0.2) is 4.79 Å². The van der Waals surface area contributed by atoms with Crippen molar-refractivity contribution in [3.8, 4) is 5.75 Å². The molecular weight excluding hydrogens is 258 g/mol. The molecular formula is C15H17NO4. The predicted octanol–water partition coefficient (Wildman–Crippen LogP) is 1.76. The summed E-state index contributed by atoms with van der Waals surface area (Å²) in [6.07, 6.45) is 2.03. The smallest absolute Gasteiger partial charge is 0.334 e. The number of carboxylic acid groups (broad SMARTS) is 1. The maximum atomic E-state index is 12.1. The maximum Gasteiger partial charge on any atom is 0.334 e. The van der Waals surface area contributed by atoms with Gasteiger partial charge in [0.25, 0.3) is 0 Å². The molecule has 0 saturated heterocycles. The van der Waals surface area contributed by atoms with Crippen molar-refractivity contribution in [2.45, 2.75) is 37.8 Å². The second-order valence-electron chi connectivity index (χ2n) is 5.38. The van der Waals surface area contributed by atoms with Crippen molar-refractivity contribution in [1.29, 1.82) is 0 Å². The first-order valence-corrected chi connectivity index (χ1v) is 6.83. The second-order valence-corrected chi connectivity index (χ2v) is 5.38. The number of benzene rings is 1. The van der Waals surface area contributed by atoms with Crippen molar-refractivity contribution in [1.82, 2.24) is 4.90 Å². The highest BCUT2D eigenvalue weighted by Gasteiger charge is 2.54. The molecule has 1 amide bonds. The number of aliphatic carboxylic acids is 1. The van der Waals surface area contributed by atoms with E-state index in [1.807, 2.05) is 6.07 Å². The minimum Gasteiger partial charge on any atom is -0.493 e. The molecule has 0 radical (unpaired) electrons. The van der Waals surface area contributed by atoms with Gasteiger partial charge in [0.05, 0.1) is 6.61 Å². The Bertz CT molecular complexity index is 567. The van der Waals surface area contributed by atoms with Gasteiger partial charge in [0.15, 0.2) is 5.54 Å². The molecule has 0 spiro atoms. The molecule has 1 heterocycles. The van der Waals surface area contributed by atoms with Crippen LogP contribution in [0.2, 0.25) is 0 Å². The van der Waals surface area contributed by atoms with E-state index in [9.17, 15) is 14.7 Å². The summed E-state index contributed by atoms with van der Waals surface area (Å²) >= 11 is 0. The minimum atomic E-state index is -1.29. The SMILES string of the molecule is CC(=O)N(C1CC1)C1(C(=O)O)CCOc2ccccc21. The van der Waals surface area contributed by atoms with Gasteiger partial charge in [0.2, 0.25) is 5.91 Å². The zero-order valence-corrected chi connectivity index (χ0v) is 11.3. The van der Waals surface area contributed by atoms with Crippen molar-refractivity contribution in [2.75, 3.05) is 6.61 Å². The largest absolute Gasteiger partial charge is 0.493 e. The third-order valence-electron chi connectivity index (χ3n) is 4.07. The average molecular weight is 275 g/mol. The highest BCUT2D eigenvalue weighted by molar-refractivity contribution is 5.89. The molecule has 0 bridgehead atoms. The van der Waals surface area contributed by atoms with E-state index >= 15 is 0 Å². The third-order valence-corrected chi connectivity index (χ3v) is 4.07. The van der Waals surface area contributed by atoms with Crippen molar-refractivity contribution in [3.05, 3.63) is 29.8 Å². The summed E-state index contributed by atoms with van der Waals surface area (Å²) in [4.78, 5) is 25.7. The standard InChI is InChI=1S/C15H17NO4/c1-10(17)16(11-6-7-11)15(14(18)19)8-9-20-13-5-3-2-4-12(13)15/h2-5,11H,6-9H2,1H3,(H,18,19). The fourth-order valence-electron chi connectivity index (χ4n) is 3.12. The zero-order valence-electron chi connectivity index (χ0n) is 11.3. The molecule has 1 atom stereocenters. The van der Waals surface area contributed by atoms with E-state index in [1.54, 1.807) is 23.1 Å². The van der Waals surface area contributed by atoms with Crippen molar-refractivity contribution >= 4 is 11.9 Å². The number of hydrogen-bond donors (Lipinski definition) is 1. The molecule has 0 aromatic heterocycles. The van der Waals surface area contributed by atoms with Crippen molar-refractivity contribution in [3.63, 3.8) is 0 Å². The van der Waals surface area contributed by atoms with Crippen LogP contribution in [0.1, 0.15) is 31.7 Å². The van der Waals surface area contributed by atoms with Crippen LogP contribution in [-0.4, -0.2) is 34.5 Å². The first kappa shape index (κ1) is 13.0. The zero-order chi connectivity index (χ0) is 14.3. The number of carboxylic acids is 1. The van der Waals surface area contributed by atoms with Crippen LogP contribution in [0, 0.1) is 0 Å². The summed E-state index contributed by atoms with van der Waals surface area (Å²) in [7, 11) is 0. The number of para-hydroxylation sites is 1. The van der Waals surface area contributed by atoms with Crippen LogP contribution >= 0.6 is 0 Å². The lowest BCUT2D eigenvalue weighted by atomic mass is 9.82. The lowest BCUT2D eigenvalue weighted by Crippen LogP contribution is -2.57. The minimum absolute atomic E-state index is 0.0368. The van der Waals surface area contributed by atoms with E-state index in [1.165, 1.54) is 6.92 Å². The number of amides is 1. The normalized spacial score (nSPS) is 24.4. The fourth-order valence-corrected chi connectivity index (χ4v) is 3.12. The van der Waals surface area contributed by atoms with E-state index in [2.05, 4.69) is 0 Å². The van der Waals surface area contributed by atoms with Crippen LogP contribution in [-0.2, 0) is 15.1 Å². The van der Waals surface area contributed by atoms with Crippen LogP contribution in [0.3, 0.4) is 0 Å². The molecule has 1 fully saturated rings. The van der Waals surface area contributed by atoms with Crippen LogP contribution in [0.5, 0.6) is 5.75 Å². The molecule has 1 aromatic rings. The van der Waals surface area contributed by atoms with Gasteiger partial charge in [0.1, 0.15) is 5.75 Å². The molecule has 1 N–H and O–H groups in total. The summed E-state index contributed by atoms with van der Waals surface area (Å²) in [5, 5.41) is 9.88. The summed E-state index contributed by atoms with van der Waals surface area (Å²) < 4.78 is 5.56. The monoisotopic (exact) mass is 275 g/mol. The predicted molar refractivity (Wildman–Crippen MR) is 71.4 cm³/mol. The molecule has 1 saturated carbocycles. The summed E-state index contributed by atoms with van der Waals surface area (Å²) in [6, 6.07) is 7.15. The Morgan fingerprint density at radius 2 is 2.05 bits per heavy atom. The highest BCUT2D eigenvalue weighted by Crippen LogP contribution is 2.46. The number of nitrogens with zero attached hydrogens (tertiary/aromatic N) is 1. The highest BCUT2D eigenvalue weighted by atomic mass is 16.5. The molecule has 20 heavy (non-hydrogen) atoms. The van der Waals surface area contributed by atoms with Gasteiger partial charge < -0.3 is 14.7 Å². The van der Waals surface area contributed by atoms with Gasteiger partial charge in [-0.3, -0.25) is 4.79 Å². The summed E-state index contributed by atoms with van der Waals surface area (Å²) in [6.45, 7) is 1.75. The van der Waals surface area contributed by atoms with Crippen LogP contribution in [0.4, 0.5) is 0 Å². The first-order valence-electron chi connectivity index (χ1n) is 6.83. The molecule has 5 nitrogen and oxygen atoms in total. The Kier molecular flexibility index (Phi) is 2.92. The number of carbonyl (C=O) groups excluding carboxylic acids is 1. The Hall–Kier alpha value is -2.04. The average Bonchev–Trinajstić information content (AvgIpc) is 3.23. The fraction of sp³-hybridized carbons (Fsp3) is 0.467. The number of ether oxygens (including phenoxy) is 1. The Morgan fingerprint density at radius 1 is 1.35 bits per heavy atom. The molecule has 1 unspecified atom stereocenters. The van der Waals surface area contributed by atoms with E-state index in [-0.39, 0.29) is 18.4 Å². The van der Waals surface area contributed by atoms with Crippen LogP contribution in [0.25, 0.3) is 0 Å². The van der Waals surface area contributed by atoms with Crippen molar-refractivity contribution < 1.29 is 19.4 Å². The van der Waals surface area contributed by atoms with Gasteiger partial charge in [0, 0.05) is 24.9 Å². The van der Waals surface area contributed by atoms with Crippen LogP contribution < -0.4 is 4.74 Å². The maximum absolute atomic E-state index is 12.1. The van der Waals surface area contributed by atoms with Gasteiger partial charge >= 0.3 is 5.97 Å². The Balaban J connectivity index is 2.18. The van der Waals surface area contributed by atoms with Crippen LogP contribution in [0.15, 0.2) is 24.3 Å². The number of rotatable bonds is 3. The molecule has 2 aliphatic rings. The van der Waals surface area contributed by atoms with Gasteiger partial charge in [-0.1, -0.05) is 18.2 Å². The van der Waals surface area contributed by atoms with Gasteiger partial charge in [-0.2, -0.15) is 0 Å². The van der Waals surface area contributed by atoms with Gasteiger partial charge in [-0.15, -0.1) is 0 Å². The van der Waals surface area contributed by atoms with Gasteiger partial charge in [-0.05, 0) is 18.9 Å². The number of carbonyl (C=O) groups is 2. The van der Waals surface area contributed by atoms with E-state index < -0.39 is 11.5 Å². The molecule has 1 aromatic carbocycles. The summed E-state index contributed by atoms with van der Waals surface area (Å²) in [5.41, 5.74) is -0.706. The number of fused-ring (bicyclic) bond motifs is 1. The molecule has 5 heteroatoms. The first-order chi connectivity index (χ1) is 9.57. The molecule has 106 valence electrons. The third kappa shape index (κ3) is 1.77. The summed E-state index contributed by atoms with van der Waals surface area (Å²) in [5.74, 6) is -0.602.